The van der Waals surface area contributed by atoms with Crippen LogP contribution in [0, 0.1) is 0 Å². The lowest BCUT2D eigenvalue weighted by Gasteiger charge is -2.04. The largest absolute Gasteiger partial charge is 0.506 e. The maximum absolute atomic E-state index is 10.1. The third kappa shape index (κ3) is 3.56. The highest BCUT2D eigenvalue weighted by molar-refractivity contribution is 9.11. The number of hydrogen-bond acceptors (Lipinski definition) is 6. The fourth-order valence-electron chi connectivity index (χ4n) is 2.54. The van der Waals surface area contributed by atoms with Gasteiger partial charge in [0, 0.05) is 10.0 Å². The third-order valence-electron chi connectivity index (χ3n) is 3.80. The molecular weight excluding hydrogens is 476 g/mol. The lowest BCUT2D eigenvalue weighted by atomic mass is 10.2. The van der Waals surface area contributed by atoms with Gasteiger partial charge in [0.15, 0.2) is 11.5 Å². The van der Waals surface area contributed by atoms with E-state index in [1.165, 1.54) is 12.5 Å². The quantitative estimate of drug-likeness (QED) is 0.327. The number of nitrogens with one attached hydrogen (secondary N) is 1. The number of para-hydroxylation sites is 1. The number of halogens is 2. The van der Waals surface area contributed by atoms with E-state index >= 15 is 0 Å². The zero-order valence-electron chi connectivity index (χ0n) is 13.7. The second kappa shape index (κ2) is 7.45. The summed E-state index contributed by atoms with van der Waals surface area (Å²) in [4.78, 5) is 8.56. The molecule has 0 unspecified atom stereocenters. The molecule has 0 aliphatic heterocycles. The molecule has 27 heavy (non-hydrogen) atoms. The topological polar surface area (TPSA) is 88.2 Å². The molecule has 0 aliphatic carbocycles. The Kier molecular flexibility index (Phi) is 4.87. The Morgan fingerprint density at radius 2 is 1.93 bits per heavy atom. The first-order chi connectivity index (χ1) is 13.1. The predicted molar refractivity (Wildman–Crippen MR) is 111 cm³/mol. The van der Waals surface area contributed by atoms with Crippen LogP contribution < -0.4 is 5.43 Å². The molecule has 4 aromatic rings. The molecule has 0 bridgehead atoms. The van der Waals surface area contributed by atoms with Crippen LogP contribution >= 0.6 is 31.9 Å². The van der Waals surface area contributed by atoms with E-state index in [2.05, 4.69) is 57.5 Å². The number of hydrazone groups is 1. The van der Waals surface area contributed by atoms with Crippen molar-refractivity contribution in [2.45, 2.75) is 0 Å². The molecule has 0 aliphatic rings. The van der Waals surface area contributed by atoms with Crippen LogP contribution in [0.5, 0.6) is 5.75 Å². The number of aromatic nitrogens is 4. The Labute approximate surface area is 171 Å². The number of aromatic hydroxyl groups is 1. The van der Waals surface area contributed by atoms with E-state index < -0.39 is 0 Å². The lowest BCUT2D eigenvalue weighted by Crippen LogP contribution is -1.99. The Balaban J connectivity index is 1.65. The van der Waals surface area contributed by atoms with Crippen molar-refractivity contribution in [3.05, 3.63) is 69.5 Å². The van der Waals surface area contributed by atoms with Crippen molar-refractivity contribution < 1.29 is 5.11 Å². The molecule has 2 aromatic heterocycles. The molecular formula is C18H12Br2N6O. The monoisotopic (exact) mass is 486 g/mol. The number of phenolic OH excluding ortho intramolecular Hbond substituents is 1. The maximum atomic E-state index is 10.1. The first-order valence-electron chi connectivity index (χ1n) is 7.85. The summed E-state index contributed by atoms with van der Waals surface area (Å²) in [7, 11) is 0. The summed E-state index contributed by atoms with van der Waals surface area (Å²) in [5.74, 6) is 0.625. The summed E-state index contributed by atoms with van der Waals surface area (Å²) in [5.41, 5.74) is 5.02. The van der Waals surface area contributed by atoms with Crippen LogP contribution in [0.2, 0.25) is 0 Å². The number of fused-ring (bicyclic) bond motifs is 1. The van der Waals surface area contributed by atoms with Gasteiger partial charge in [0.25, 0.3) is 0 Å². The molecule has 0 spiro atoms. The van der Waals surface area contributed by atoms with Gasteiger partial charge < -0.3 is 5.11 Å². The predicted octanol–water partition coefficient (Wildman–Crippen LogP) is 4.49. The van der Waals surface area contributed by atoms with Crippen molar-refractivity contribution in [3.63, 3.8) is 0 Å². The molecule has 0 amide bonds. The molecule has 2 heterocycles. The minimum absolute atomic E-state index is 0.105. The van der Waals surface area contributed by atoms with Crippen molar-refractivity contribution in [3.8, 4) is 11.4 Å². The average Bonchev–Trinajstić information content (AvgIpc) is 3.11. The van der Waals surface area contributed by atoms with Crippen molar-refractivity contribution >= 4 is 54.9 Å². The van der Waals surface area contributed by atoms with Gasteiger partial charge in [-0.05, 0) is 40.2 Å². The van der Waals surface area contributed by atoms with E-state index in [4.69, 9.17) is 0 Å². The van der Waals surface area contributed by atoms with E-state index in [1.807, 2.05) is 30.3 Å². The summed E-state index contributed by atoms with van der Waals surface area (Å²) < 4.78 is 3.14. The fourth-order valence-corrected chi connectivity index (χ4v) is 3.80. The SMILES string of the molecule is Oc1c(Br)cc(Br)cc1/C=N/Nc1ncnc2c1cnn2-c1ccccc1. The van der Waals surface area contributed by atoms with Crippen LogP contribution in [-0.2, 0) is 0 Å². The number of hydrogen-bond donors (Lipinski definition) is 2. The summed E-state index contributed by atoms with van der Waals surface area (Å²) in [6, 6.07) is 13.2. The fraction of sp³-hybridized carbons (Fsp3) is 0. The van der Waals surface area contributed by atoms with E-state index in [1.54, 1.807) is 23.0 Å². The summed E-state index contributed by atoms with van der Waals surface area (Å²) in [6.07, 6.45) is 4.65. The molecule has 4 rings (SSSR count). The summed E-state index contributed by atoms with van der Waals surface area (Å²) in [5, 5.41) is 19.4. The third-order valence-corrected chi connectivity index (χ3v) is 4.86. The number of benzene rings is 2. The van der Waals surface area contributed by atoms with E-state index in [0.29, 0.717) is 21.5 Å². The van der Waals surface area contributed by atoms with E-state index in [9.17, 15) is 5.11 Å². The first-order valence-corrected chi connectivity index (χ1v) is 9.43. The van der Waals surface area contributed by atoms with Gasteiger partial charge in [0.05, 0.1) is 28.0 Å². The Morgan fingerprint density at radius 3 is 2.74 bits per heavy atom. The van der Waals surface area contributed by atoms with Crippen LogP contribution in [0.25, 0.3) is 16.7 Å². The molecule has 0 fully saturated rings. The second-order valence-corrected chi connectivity index (χ2v) is 7.32. The standard InChI is InChI=1S/C18H12Br2N6O/c19-12-6-11(16(27)15(20)7-12)8-23-25-17-14-9-24-26(18(14)22-10-21-17)13-4-2-1-3-5-13/h1-10,27H,(H,21,22,25)/b23-8+. The highest BCUT2D eigenvalue weighted by Crippen LogP contribution is 2.30. The molecule has 2 aromatic carbocycles. The van der Waals surface area contributed by atoms with Gasteiger partial charge in [0.1, 0.15) is 12.1 Å². The molecule has 0 saturated heterocycles. The van der Waals surface area contributed by atoms with Gasteiger partial charge in [-0.2, -0.15) is 10.2 Å². The van der Waals surface area contributed by atoms with Gasteiger partial charge in [-0.1, -0.05) is 34.1 Å². The summed E-state index contributed by atoms with van der Waals surface area (Å²) in [6.45, 7) is 0. The molecule has 0 saturated carbocycles. The van der Waals surface area contributed by atoms with Crippen LogP contribution in [-0.4, -0.2) is 31.1 Å². The molecule has 134 valence electrons. The van der Waals surface area contributed by atoms with Gasteiger partial charge >= 0.3 is 0 Å². The van der Waals surface area contributed by atoms with Crippen LogP contribution in [0.15, 0.2) is 69.0 Å². The summed E-state index contributed by atoms with van der Waals surface area (Å²) >= 11 is 6.68. The molecule has 0 atom stereocenters. The van der Waals surface area contributed by atoms with Crippen molar-refractivity contribution in [1.82, 2.24) is 19.7 Å². The highest BCUT2D eigenvalue weighted by Gasteiger charge is 2.11. The first kappa shape index (κ1) is 17.6. The lowest BCUT2D eigenvalue weighted by molar-refractivity contribution is 0.471. The number of phenols is 1. The highest BCUT2D eigenvalue weighted by atomic mass is 79.9. The number of anilines is 1. The van der Waals surface area contributed by atoms with Crippen molar-refractivity contribution in [1.29, 1.82) is 0 Å². The van der Waals surface area contributed by atoms with Crippen LogP contribution in [0.1, 0.15) is 5.56 Å². The van der Waals surface area contributed by atoms with Crippen molar-refractivity contribution in [2.24, 2.45) is 5.10 Å². The molecule has 0 radical (unpaired) electrons. The zero-order valence-corrected chi connectivity index (χ0v) is 16.9. The molecule has 7 nitrogen and oxygen atoms in total. The maximum Gasteiger partial charge on any atom is 0.168 e. The molecule has 2 N–H and O–H groups in total. The Bertz CT molecular complexity index is 1140. The van der Waals surface area contributed by atoms with Crippen LogP contribution in [0.3, 0.4) is 0 Å². The Morgan fingerprint density at radius 1 is 1.11 bits per heavy atom. The van der Waals surface area contributed by atoms with Gasteiger partial charge in [0.2, 0.25) is 0 Å². The van der Waals surface area contributed by atoms with Gasteiger partial charge in [-0.15, -0.1) is 0 Å². The number of nitrogens with zero attached hydrogens (tertiary/aromatic N) is 5. The Hall–Kier alpha value is -2.78. The smallest absolute Gasteiger partial charge is 0.168 e. The normalized spacial score (nSPS) is 11.3. The van der Waals surface area contributed by atoms with E-state index in [-0.39, 0.29) is 5.75 Å². The molecule has 9 heteroatoms. The minimum Gasteiger partial charge on any atom is -0.506 e. The van der Waals surface area contributed by atoms with E-state index in [0.717, 1.165) is 15.5 Å². The van der Waals surface area contributed by atoms with Gasteiger partial charge in [-0.25, -0.2) is 14.6 Å². The average molecular weight is 488 g/mol. The second-order valence-electron chi connectivity index (χ2n) is 5.55. The zero-order chi connectivity index (χ0) is 18.8. The van der Waals surface area contributed by atoms with Crippen LogP contribution in [0.4, 0.5) is 5.82 Å². The minimum atomic E-state index is 0.105. The number of rotatable bonds is 4. The van der Waals surface area contributed by atoms with Gasteiger partial charge in [-0.3, -0.25) is 5.43 Å². The van der Waals surface area contributed by atoms with Crippen molar-refractivity contribution in [2.75, 3.05) is 5.43 Å².